The lowest BCUT2D eigenvalue weighted by Gasteiger charge is -2.36. The van der Waals surface area contributed by atoms with E-state index in [0.29, 0.717) is 69.6 Å². The number of nitrogens with one attached hydrogen (secondary N) is 2. The summed E-state index contributed by atoms with van der Waals surface area (Å²) >= 11 is 0. The van der Waals surface area contributed by atoms with Gasteiger partial charge in [0.1, 0.15) is 5.69 Å². The Morgan fingerprint density at radius 2 is 1.89 bits per heavy atom. The normalized spacial score (nSPS) is 15.7. The number of aldehydes is 1. The van der Waals surface area contributed by atoms with Crippen LogP contribution in [0.5, 0.6) is 11.5 Å². The van der Waals surface area contributed by atoms with Crippen molar-refractivity contribution >= 4 is 40.4 Å². The molecular formula is C39H44FN5O2. The molecule has 8 heteroatoms. The Labute approximate surface area is 278 Å². The first-order valence-electron chi connectivity index (χ1n) is 15.8. The van der Waals surface area contributed by atoms with Crippen LogP contribution in [-0.4, -0.2) is 25.4 Å². The molecule has 1 unspecified atom stereocenters. The van der Waals surface area contributed by atoms with Gasteiger partial charge >= 0.3 is 0 Å². The van der Waals surface area contributed by atoms with Crippen LogP contribution in [0.15, 0.2) is 72.6 Å². The molecule has 0 bridgehead atoms. The highest BCUT2D eigenvalue weighted by atomic mass is 19.1. The third kappa shape index (κ3) is 7.00. The molecule has 0 aromatic heterocycles. The van der Waals surface area contributed by atoms with Gasteiger partial charge in [0, 0.05) is 59.6 Å². The first-order chi connectivity index (χ1) is 22.2. The molecule has 1 atom stereocenters. The lowest BCUT2D eigenvalue weighted by molar-refractivity contribution is -0.104. The molecule has 0 saturated carbocycles. The SMILES string of the molecule is C#Cc1cc(N)ccc1Nc1cc2c(cc1C)N(/C=C(\C=O)C(=C)C)c1c(C)cc(F)c(N3CCC(NC(=C)CC(C)(C)C)C3)c1O2. The number of rotatable bonds is 9. The van der Waals surface area contributed by atoms with Gasteiger partial charge < -0.3 is 30.9 Å². The molecule has 2 heterocycles. The fourth-order valence-corrected chi connectivity index (χ4v) is 6.24. The number of carbonyl (C=O) groups excluding carboxylic acids is 1. The second-order valence-corrected chi connectivity index (χ2v) is 13.8. The first-order valence-corrected chi connectivity index (χ1v) is 15.8. The number of allylic oxidation sites excluding steroid dienone is 3. The van der Waals surface area contributed by atoms with Gasteiger partial charge in [0.25, 0.3) is 0 Å². The van der Waals surface area contributed by atoms with E-state index < -0.39 is 0 Å². The highest BCUT2D eigenvalue weighted by Crippen LogP contribution is 2.55. The Morgan fingerprint density at radius 1 is 1.15 bits per heavy atom. The Balaban J connectivity index is 1.60. The summed E-state index contributed by atoms with van der Waals surface area (Å²) < 4.78 is 22.8. The van der Waals surface area contributed by atoms with Crippen molar-refractivity contribution in [1.82, 2.24) is 5.32 Å². The number of ether oxygens (including phenoxy) is 1. The maximum atomic E-state index is 16.1. The highest BCUT2D eigenvalue weighted by Gasteiger charge is 2.35. The van der Waals surface area contributed by atoms with Gasteiger partial charge in [-0.25, -0.2) is 4.39 Å². The number of nitrogen functional groups attached to an aromatic ring is 1. The van der Waals surface area contributed by atoms with Crippen molar-refractivity contribution in [3.05, 3.63) is 95.1 Å². The van der Waals surface area contributed by atoms with Crippen molar-refractivity contribution < 1.29 is 13.9 Å². The number of nitrogens with zero attached hydrogens (tertiary/aromatic N) is 2. The summed E-state index contributed by atoms with van der Waals surface area (Å²) in [5.41, 5.74) is 14.1. The minimum atomic E-state index is -0.371. The van der Waals surface area contributed by atoms with Crippen LogP contribution in [0.2, 0.25) is 0 Å². The Bertz CT molecular complexity index is 1850. The maximum absolute atomic E-state index is 16.1. The van der Waals surface area contributed by atoms with Crippen molar-refractivity contribution in [3.8, 4) is 23.8 Å². The van der Waals surface area contributed by atoms with E-state index in [0.717, 1.165) is 41.8 Å². The van der Waals surface area contributed by atoms with Crippen molar-refractivity contribution in [3.63, 3.8) is 0 Å². The molecule has 4 N–H and O–H groups in total. The standard InChI is InChI=1S/C39H44FN5O2/c1-10-27-17-29(41)11-12-32(27)43-33-18-35-34(16-24(33)4)45(20-28(22-46)23(2)3)36-25(5)15-31(40)37(38(36)47-35)44-14-13-30(21-44)42-26(6)19-39(7,8)9/h1,11-12,15-18,20,22,30,42-43H,2,6,13-14,19,21,41H2,3-5,7-9H3/b28-20+. The summed E-state index contributed by atoms with van der Waals surface area (Å²) in [6.45, 7) is 21.6. The van der Waals surface area contributed by atoms with Crippen molar-refractivity contribution in [1.29, 1.82) is 0 Å². The quantitative estimate of drug-likeness (QED) is 0.0714. The molecule has 0 aliphatic carbocycles. The lowest BCUT2D eigenvalue weighted by Crippen LogP contribution is -2.33. The zero-order valence-electron chi connectivity index (χ0n) is 28.2. The van der Waals surface area contributed by atoms with Gasteiger partial charge in [-0.15, -0.1) is 6.42 Å². The summed E-state index contributed by atoms with van der Waals surface area (Å²) in [4.78, 5) is 16.1. The van der Waals surface area contributed by atoms with Crippen molar-refractivity contribution in [2.45, 2.75) is 60.4 Å². The summed E-state index contributed by atoms with van der Waals surface area (Å²) in [5, 5.41) is 7.00. The molecule has 1 saturated heterocycles. The molecule has 2 aliphatic heterocycles. The van der Waals surface area contributed by atoms with Gasteiger partial charge in [-0.2, -0.15) is 0 Å². The number of fused-ring (bicyclic) bond motifs is 2. The number of terminal acetylenes is 1. The summed E-state index contributed by atoms with van der Waals surface area (Å²) in [5.74, 6) is 3.19. The predicted octanol–water partition coefficient (Wildman–Crippen LogP) is 8.77. The largest absolute Gasteiger partial charge is 0.451 e. The number of carbonyl (C=O) groups is 1. The number of halogens is 1. The molecule has 3 aromatic rings. The fraction of sp³-hybridized carbons (Fsp3) is 0.308. The lowest BCUT2D eigenvalue weighted by atomic mass is 9.90. The molecule has 7 nitrogen and oxygen atoms in total. The molecule has 0 amide bonds. The van der Waals surface area contributed by atoms with Crippen LogP contribution in [0.1, 0.15) is 57.2 Å². The van der Waals surface area contributed by atoms with Crippen LogP contribution in [-0.2, 0) is 4.79 Å². The molecule has 0 radical (unpaired) electrons. The second kappa shape index (κ2) is 12.9. The third-order valence-corrected chi connectivity index (χ3v) is 8.40. The molecule has 5 rings (SSSR count). The number of benzene rings is 3. The van der Waals surface area contributed by atoms with E-state index in [-0.39, 0.29) is 17.3 Å². The molecule has 3 aromatic carbocycles. The van der Waals surface area contributed by atoms with Gasteiger partial charge in [-0.3, -0.25) is 4.79 Å². The Morgan fingerprint density at radius 3 is 2.55 bits per heavy atom. The van der Waals surface area contributed by atoms with Gasteiger partial charge in [0.2, 0.25) is 0 Å². The molecule has 244 valence electrons. The molecular weight excluding hydrogens is 589 g/mol. The molecule has 1 fully saturated rings. The van der Waals surface area contributed by atoms with Crippen LogP contribution in [0.25, 0.3) is 0 Å². The smallest absolute Gasteiger partial charge is 0.178 e. The highest BCUT2D eigenvalue weighted by molar-refractivity contribution is 5.91. The van der Waals surface area contributed by atoms with Gasteiger partial charge in [-0.1, -0.05) is 39.8 Å². The first kappa shape index (κ1) is 33.2. The Kier molecular flexibility index (Phi) is 9.13. The number of hydrogen-bond acceptors (Lipinski definition) is 7. The van der Waals surface area contributed by atoms with Crippen LogP contribution in [0.4, 0.5) is 38.5 Å². The van der Waals surface area contributed by atoms with E-state index in [1.165, 1.54) is 6.07 Å². The topological polar surface area (TPSA) is 82.9 Å². The number of nitrogens with two attached hydrogens (primary N) is 1. The van der Waals surface area contributed by atoms with Gasteiger partial charge in [-0.05, 0) is 86.1 Å². The number of aryl methyl sites for hydroxylation is 2. The number of hydrogen-bond donors (Lipinski definition) is 3. The van der Waals surface area contributed by atoms with Gasteiger partial charge in [0.15, 0.2) is 23.6 Å². The van der Waals surface area contributed by atoms with Gasteiger partial charge in [0.05, 0.1) is 17.1 Å². The van der Waals surface area contributed by atoms with E-state index in [4.69, 9.17) is 16.9 Å². The number of anilines is 6. The zero-order chi connectivity index (χ0) is 34.2. The summed E-state index contributed by atoms with van der Waals surface area (Å²) in [6, 6.07) is 10.9. The van der Waals surface area contributed by atoms with Crippen molar-refractivity contribution in [2.75, 3.05) is 33.9 Å². The summed E-state index contributed by atoms with van der Waals surface area (Å²) in [6.07, 6.45) is 9.97. The zero-order valence-corrected chi connectivity index (χ0v) is 28.2. The average molecular weight is 634 g/mol. The van der Waals surface area contributed by atoms with Crippen LogP contribution < -0.4 is 30.9 Å². The van der Waals surface area contributed by atoms with E-state index in [1.807, 2.05) is 41.8 Å². The second-order valence-electron chi connectivity index (χ2n) is 13.8. The average Bonchev–Trinajstić information content (AvgIpc) is 3.43. The molecule has 2 aliphatic rings. The minimum Gasteiger partial charge on any atom is -0.451 e. The Hall–Kier alpha value is -5.16. The minimum absolute atomic E-state index is 0.106. The fourth-order valence-electron chi connectivity index (χ4n) is 6.24. The summed E-state index contributed by atoms with van der Waals surface area (Å²) in [7, 11) is 0. The monoisotopic (exact) mass is 633 g/mol. The van der Waals surface area contributed by atoms with Crippen LogP contribution in [0.3, 0.4) is 0 Å². The predicted molar refractivity (Wildman–Crippen MR) is 193 cm³/mol. The third-order valence-electron chi connectivity index (χ3n) is 8.40. The van der Waals surface area contributed by atoms with Crippen LogP contribution >= 0.6 is 0 Å². The van der Waals surface area contributed by atoms with E-state index in [1.54, 1.807) is 25.3 Å². The molecule has 0 spiro atoms. The van der Waals surface area contributed by atoms with Crippen LogP contribution in [0, 0.1) is 37.4 Å². The molecule has 47 heavy (non-hydrogen) atoms. The van der Waals surface area contributed by atoms with E-state index >= 15 is 4.39 Å². The van der Waals surface area contributed by atoms with Crippen molar-refractivity contribution in [2.24, 2.45) is 5.41 Å². The maximum Gasteiger partial charge on any atom is 0.178 e. The van der Waals surface area contributed by atoms with E-state index in [2.05, 4.69) is 50.5 Å². The van der Waals surface area contributed by atoms with E-state index in [9.17, 15) is 4.79 Å².